The molecule has 0 spiro atoms. The average molecular weight is 212 g/mol. The number of rotatable bonds is 3. The third-order valence-electron chi connectivity index (χ3n) is 2.09. The number of anilines is 1. The van der Waals surface area contributed by atoms with Crippen molar-refractivity contribution in [3.8, 4) is 0 Å². The summed E-state index contributed by atoms with van der Waals surface area (Å²) in [5.74, 6) is -0.247. The summed E-state index contributed by atoms with van der Waals surface area (Å²) >= 11 is 1.29. The lowest BCUT2D eigenvalue weighted by Crippen LogP contribution is -2.09. The van der Waals surface area contributed by atoms with E-state index in [-0.39, 0.29) is 12.1 Å². The van der Waals surface area contributed by atoms with Gasteiger partial charge in [0.15, 0.2) is 0 Å². The fourth-order valence-electron chi connectivity index (χ4n) is 1.18. The van der Waals surface area contributed by atoms with Crippen molar-refractivity contribution in [2.24, 2.45) is 0 Å². The molecule has 2 rings (SSSR count). The van der Waals surface area contributed by atoms with Crippen LogP contribution in [0.4, 0.5) is 5.00 Å². The predicted octanol–water partition coefficient (Wildman–Crippen LogP) is 1.81. The summed E-state index contributed by atoms with van der Waals surface area (Å²) in [6.45, 7) is 1.82. The van der Waals surface area contributed by atoms with Gasteiger partial charge >= 0.3 is 5.97 Å². The number of carbonyl (C=O) groups excluding carboxylic acids is 1. The smallest absolute Gasteiger partial charge is 0.343 e. The van der Waals surface area contributed by atoms with Gasteiger partial charge in [0.1, 0.15) is 16.7 Å². The Bertz CT molecular complexity index is 358. The molecule has 0 bridgehead atoms. The number of nitrogens with one attached hydrogen (secondary N) is 1. The van der Waals surface area contributed by atoms with Gasteiger partial charge in [0, 0.05) is 7.05 Å². The second-order valence-electron chi connectivity index (χ2n) is 3.33. The lowest BCUT2D eigenvalue weighted by Gasteiger charge is -2.03. The number of ether oxygens (including phenoxy) is 1. The van der Waals surface area contributed by atoms with Crippen LogP contribution in [0, 0.1) is 6.92 Å². The normalized spacial score (nSPS) is 15.3. The van der Waals surface area contributed by atoms with Crippen molar-refractivity contribution in [1.29, 1.82) is 0 Å². The highest BCUT2D eigenvalue weighted by molar-refractivity contribution is 7.10. The van der Waals surface area contributed by atoms with E-state index in [0.717, 1.165) is 23.5 Å². The first-order chi connectivity index (χ1) is 6.72. The standard InChI is InChI=1S/C9H12N2O2S/c1-5-7(8(10-2)14-11-5)9(12)13-6-3-4-6/h6,10H,3-4H2,1-2H3. The molecule has 1 aliphatic rings. The Morgan fingerprint density at radius 1 is 1.64 bits per heavy atom. The first kappa shape index (κ1) is 9.45. The third-order valence-corrected chi connectivity index (χ3v) is 3.05. The Hall–Kier alpha value is -1.10. The van der Waals surface area contributed by atoms with Crippen LogP contribution in [0.3, 0.4) is 0 Å². The number of hydrogen-bond donors (Lipinski definition) is 1. The maximum absolute atomic E-state index is 11.7. The summed E-state index contributed by atoms with van der Waals surface area (Å²) in [7, 11) is 1.78. The lowest BCUT2D eigenvalue weighted by atomic mass is 10.2. The molecule has 0 unspecified atom stereocenters. The van der Waals surface area contributed by atoms with Crippen molar-refractivity contribution in [3.05, 3.63) is 11.3 Å². The van der Waals surface area contributed by atoms with Crippen molar-refractivity contribution in [2.75, 3.05) is 12.4 Å². The Balaban J connectivity index is 2.19. The van der Waals surface area contributed by atoms with Crippen LogP contribution in [-0.4, -0.2) is 23.5 Å². The Labute approximate surface area is 86.4 Å². The van der Waals surface area contributed by atoms with E-state index in [0.29, 0.717) is 5.56 Å². The van der Waals surface area contributed by atoms with E-state index in [4.69, 9.17) is 4.74 Å². The highest BCUT2D eigenvalue weighted by Gasteiger charge is 2.29. The van der Waals surface area contributed by atoms with Gasteiger partial charge in [0.2, 0.25) is 0 Å². The van der Waals surface area contributed by atoms with Crippen LogP contribution in [0.1, 0.15) is 28.9 Å². The summed E-state index contributed by atoms with van der Waals surface area (Å²) in [5, 5.41) is 3.73. The van der Waals surface area contributed by atoms with Gasteiger partial charge in [0.25, 0.3) is 0 Å². The SMILES string of the molecule is CNc1snc(C)c1C(=O)OC1CC1. The van der Waals surface area contributed by atoms with Gasteiger partial charge in [-0.25, -0.2) is 4.79 Å². The molecule has 1 saturated carbocycles. The van der Waals surface area contributed by atoms with Crippen LogP contribution in [0.15, 0.2) is 0 Å². The fourth-order valence-corrected chi connectivity index (χ4v) is 1.91. The van der Waals surface area contributed by atoms with Crippen LogP contribution in [0.25, 0.3) is 0 Å². The van der Waals surface area contributed by atoms with Crippen LogP contribution >= 0.6 is 11.5 Å². The molecule has 4 nitrogen and oxygen atoms in total. The largest absolute Gasteiger partial charge is 0.459 e. The molecule has 0 aromatic carbocycles. The van der Waals surface area contributed by atoms with E-state index in [1.807, 2.05) is 6.92 Å². The van der Waals surface area contributed by atoms with Crippen molar-refractivity contribution < 1.29 is 9.53 Å². The molecule has 76 valence electrons. The van der Waals surface area contributed by atoms with Gasteiger partial charge in [-0.2, -0.15) is 4.37 Å². The van der Waals surface area contributed by atoms with Crippen LogP contribution in [-0.2, 0) is 4.74 Å². The van der Waals surface area contributed by atoms with E-state index in [1.54, 1.807) is 7.05 Å². The average Bonchev–Trinajstić information content (AvgIpc) is 2.87. The van der Waals surface area contributed by atoms with Crippen molar-refractivity contribution in [3.63, 3.8) is 0 Å². The van der Waals surface area contributed by atoms with Crippen LogP contribution < -0.4 is 5.32 Å². The molecular formula is C9H12N2O2S. The molecule has 1 aliphatic carbocycles. The summed E-state index contributed by atoms with van der Waals surface area (Å²) < 4.78 is 9.33. The second kappa shape index (κ2) is 3.57. The zero-order chi connectivity index (χ0) is 10.1. The van der Waals surface area contributed by atoms with Crippen molar-refractivity contribution in [1.82, 2.24) is 4.37 Å². The lowest BCUT2D eigenvalue weighted by molar-refractivity contribution is 0.0473. The fraction of sp³-hybridized carbons (Fsp3) is 0.556. The molecule has 0 amide bonds. The maximum atomic E-state index is 11.7. The highest BCUT2D eigenvalue weighted by Crippen LogP contribution is 2.29. The molecule has 0 aliphatic heterocycles. The molecule has 1 N–H and O–H groups in total. The minimum atomic E-state index is -0.247. The number of aromatic nitrogens is 1. The molecule has 1 heterocycles. The van der Waals surface area contributed by atoms with Crippen molar-refractivity contribution in [2.45, 2.75) is 25.9 Å². The van der Waals surface area contributed by atoms with E-state index in [2.05, 4.69) is 9.69 Å². The first-order valence-electron chi connectivity index (χ1n) is 4.57. The van der Waals surface area contributed by atoms with E-state index < -0.39 is 0 Å². The molecular weight excluding hydrogens is 200 g/mol. The van der Waals surface area contributed by atoms with Crippen molar-refractivity contribution >= 4 is 22.5 Å². The van der Waals surface area contributed by atoms with E-state index in [1.165, 1.54) is 11.5 Å². The topological polar surface area (TPSA) is 51.2 Å². The number of nitrogens with zero attached hydrogens (tertiary/aromatic N) is 1. The Morgan fingerprint density at radius 3 is 2.93 bits per heavy atom. The molecule has 14 heavy (non-hydrogen) atoms. The molecule has 0 radical (unpaired) electrons. The third kappa shape index (κ3) is 1.72. The van der Waals surface area contributed by atoms with Crippen LogP contribution in [0.2, 0.25) is 0 Å². The summed E-state index contributed by atoms with van der Waals surface area (Å²) in [4.78, 5) is 11.7. The maximum Gasteiger partial charge on any atom is 0.343 e. The number of aryl methyl sites for hydroxylation is 1. The number of carbonyl (C=O) groups is 1. The molecule has 5 heteroatoms. The molecule has 1 aromatic heterocycles. The number of esters is 1. The Morgan fingerprint density at radius 2 is 2.36 bits per heavy atom. The molecule has 0 atom stereocenters. The zero-order valence-corrected chi connectivity index (χ0v) is 8.98. The van der Waals surface area contributed by atoms with E-state index in [9.17, 15) is 4.79 Å². The molecule has 1 fully saturated rings. The van der Waals surface area contributed by atoms with Gasteiger partial charge < -0.3 is 10.1 Å². The summed E-state index contributed by atoms with van der Waals surface area (Å²) in [6.07, 6.45) is 2.14. The van der Waals surface area contributed by atoms with Gasteiger partial charge in [-0.15, -0.1) is 0 Å². The number of hydrogen-bond acceptors (Lipinski definition) is 5. The van der Waals surface area contributed by atoms with E-state index >= 15 is 0 Å². The Kier molecular flexibility index (Phi) is 2.41. The molecule has 0 saturated heterocycles. The van der Waals surface area contributed by atoms with Crippen LogP contribution in [0.5, 0.6) is 0 Å². The van der Waals surface area contributed by atoms with Gasteiger partial charge in [-0.05, 0) is 31.3 Å². The van der Waals surface area contributed by atoms with Gasteiger partial charge in [-0.3, -0.25) is 0 Å². The summed E-state index contributed by atoms with van der Waals surface area (Å²) in [6, 6.07) is 0. The summed E-state index contributed by atoms with van der Waals surface area (Å²) in [5.41, 5.74) is 1.33. The minimum absolute atomic E-state index is 0.145. The predicted molar refractivity (Wildman–Crippen MR) is 54.8 cm³/mol. The quantitative estimate of drug-likeness (QED) is 0.776. The molecule has 1 aromatic rings. The van der Waals surface area contributed by atoms with Gasteiger partial charge in [-0.1, -0.05) is 0 Å². The zero-order valence-electron chi connectivity index (χ0n) is 8.16. The highest BCUT2D eigenvalue weighted by atomic mass is 32.1. The monoisotopic (exact) mass is 212 g/mol. The first-order valence-corrected chi connectivity index (χ1v) is 5.34. The van der Waals surface area contributed by atoms with Gasteiger partial charge in [0.05, 0.1) is 5.69 Å². The minimum Gasteiger partial charge on any atom is -0.459 e. The second-order valence-corrected chi connectivity index (χ2v) is 4.10.